The summed E-state index contributed by atoms with van der Waals surface area (Å²) in [6.07, 6.45) is 1.02. The van der Waals surface area contributed by atoms with Gasteiger partial charge in [0.05, 0.1) is 5.69 Å². The second kappa shape index (κ2) is 5.80. The minimum Gasteiger partial charge on any atom is -0.315 e. The van der Waals surface area contributed by atoms with Gasteiger partial charge in [-0.25, -0.2) is 4.68 Å². The SMILES string of the molecule is CCc1ccc(-c2cc(CNC)c(=O)n(C)n2)cc1. The molecule has 0 aliphatic carbocycles. The largest absolute Gasteiger partial charge is 0.315 e. The predicted molar refractivity (Wildman–Crippen MR) is 77.1 cm³/mol. The Morgan fingerprint density at radius 3 is 2.53 bits per heavy atom. The van der Waals surface area contributed by atoms with Crippen molar-refractivity contribution in [3.05, 3.63) is 51.8 Å². The monoisotopic (exact) mass is 257 g/mol. The summed E-state index contributed by atoms with van der Waals surface area (Å²) in [5, 5.41) is 7.33. The molecule has 0 radical (unpaired) electrons. The molecule has 100 valence electrons. The van der Waals surface area contributed by atoms with Crippen molar-refractivity contribution < 1.29 is 0 Å². The van der Waals surface area contributed by atoms with Gasteiger partial charge in [0.15, 0.2) is 0 Å². The van der Waals surface area contributed by atoms with Gasteiger partial charge in [-0.15, -0.1) is 0 Å². The fraction of sp³-hybridized carbons (Fsp3) is 0.333. The van der Waals surface area contributed by atoms with Crippen LogP contribution in [0.2, 0.25) is 0 Å². The zero-order chi connectivity index (χ0) is 13.8. The number of aromatic nitrogens is 2. The van der Waals surface area contributed by atoms with E-state index in [-0.39, 0.29) is 5.56 Å². The molecule has 0 aliphatic rings. The maximum absolute atomic E-state index is 11.9. The lowest BCUT2D eigenvalue weighted by atomic mass is 10.1. The zero-order valence-corrected chi connectivity index (χ0v) is 11.6. The Morgan fingerprint density at radius 1 is 1.26 bits per heavy atom. The van der Waals surface area contributed by atoms with Crippen LogP contribution in [0.5, 0.6) is 0 Å². The smallest absolute Gasteiger partial charge is 0.271 e. The van der Waals surface area contributed by atoms with Crippen molar-refractivity contribution in [3.63, 3.8) is 0 Å². The lowest BCUT2D eigenvalue weighted by molar-refractivity contribution is 0.683. The number of hydrogen-bond acceptors (Lipinski definition) is 3. The van der Waals surface area contributed by atoms with E-state index in [0.29, 0.717) is 6.54 Å². The van der Waals surface area contributed by atoms with E-state index >= 15 is 0 Å². The van der Waals surface area contributed by atoms with Crippen LogP contribution >= 0.6 is 0 Å². The second-order valence-electron chi connectivity index (χ2n) is 4.56. The van der Waals surface area contributed by atoms with Crippen LogP contribution in [0.4, 0.5) is 0 Å². The first kappa shape index (κ1) is 13.5. The third kappa shape index (κ3) is 2.90. The van der Waals surface area contributed by atoms with Crippen molar-refractivity contribution in [2.24, 2.45) is 7.05 Å². The van der Waals surface area contributed by atoms with Gasteiger partial charge in [-0.3, -0.25) is 4.79 Å². The quantitative estimate of drug-likeness (QED) is 0.907. The van der Waals surface area contributed by atoms with Gasteiger partial charge in [-0.1, -0.05) is 31.2 Å². The van der Waals surface area contributed by atoms with Crippen molar-refractivity contribution in [1.29, 1.82) is 0 Å². The third-order valence-corrected chi connectivity index (χ3v) is 3.16. The molecule has 0 bridgehead atoms. The van der Waals surface area contributed by atoms with Crippen LogP contribution in [0, 0.1) is 0 Å². The second-order valence-corrected chi connectivity index (χ2v) is 4.56. The molecule has 1 heterocycles. The topological polar surface area (TPSA) is 46.9 Å². The van der Waals surface area contributed by atoms with Crippen LogP contribution in [0.1, 0.15) is 18.1 Å². The number of hydrogen-bond donors (Lipinski definition) is 1. The van der Waals surface area contributed by atoms with Crippen molar-refractivity contribution in [2.45, 2.75) is 19.9 Å². The van der Waals surface area contributed by atoms with E-state index in [9.17, 15) is 4.79 Å². The van der Waals surface area contributed by atoms with Gasteiger partial charge >= 0.3 is 0 Å². The Labute approximate surface area is 113 Å². The number of benzene rings is 1. The average Bonchev–Trinajstić information content (AvgIpc) is 2.44. The molecule has 0 unspecified atom stereocenters. The maximum Gasteiger partial charge on any atom is 0.271 e. The normalized spacial score (nSPS) is 10.7. The molecule has 0 aliphatic heterocycles. The minimum atomic E-state index is -0.0525. The molecule has 2 aromatic rings. The summed E-state index contributed by atoms with van der Waals surface area (Å²) < 4.78 is 1.40. The Morgan fingerprint density at radius 2 is 1.95 bits per heavy atom. The molecule has 0 saturated heterocycles. The fourth-order valence-corrected chi connectivity index (χ4v) is 2.04. The standard InChI is InChI=1S/C15H19N3O/c1-4-11-5-7-12(8-6-11)14-9-13(10-16-2)15(19)18(3)17-14/h5-9,16H,4,10H2,1-3H3. The Hall–Kier alpha value is -1.94. The first-order chi connectivity index (χ1) is 9.15. The number of rotatable bonds is 4. The van der Waals surface area contributed by atoms with Gasteiger partial charge in [-0.05, 0) is 25.1 Å². The highest BCUT2D eigenvalue weighted by molar-refractivity contribution is 5.59. The van der Waals surface area contributed by atoms with Gasteiger partial charge in [0, 0.05) is 24.7 Å². The molecule has 2 rings (SSSR count). The molecule has 4 heteroatoms. The number of nitrogens with one attached hydrogen (secondary N) is 1. The van der Waals surface area contributed by atoms with Gasteiger partial charge in [0.2, 0.25) is 0 Å². The Kier molecular flexibility index (Phi) is 4.12. The van der Waals surface area contributed by atoms with Crippen LogP contribution in [0.3, 0.4) is 0 Å². The summed E-state index contributed by atoms with van der Waals surface area (Å²) in [7, 11) is 3.51. The molecule has 19 heavy (non-hydrogen) atoms. The summed E-state index contributed by atoms with van der Waals surface area (Å²) >= 11 is 0. The van der Waals surface area contributed by atoms with E-state index in [1.807, 2.05) is 13.1 Å². The first-order valence-corrected chi connectivity index (χ1v) is 6.47. The molecule has 4 nitrogen and oxygen atoms in total. The lowest BCUT2D eigenvalue weighted by Crippen LogP contribution is -2.26. The minimum absolute atomic E-state index is 0.0525. The van der Waals surface area contributed by atoms with Crippen molar-refractivity contribution >= 4 is 0 Å². The summed E-state index contributed by atoms with van der Waals surface area (Å²) in [5.41, 5.74) is 3.84. The average molecular weight is 257 g/mol. The van der Waals surface area contributed by atoms with E-state index in [1.165, 1.54) is 10.2 Å². The van der Waals surface area contributed by atoms with Crippen LogP contribution in [0.25, 0.3) is 11.3 Å². The van der Waals surface area contributed by atoms with Gasteiger partial charge < -0.3 is 5.32 Å². The Balaban J connectivity index is 2.46. The van der Waals surface area contributed by atoms with Crippen LogP contribution < -0.4 is 10.9 Å². The lowest BCUT2D eigenvalue weighted by Gasteiger charge is -2.07. The highest BCUT2D eigenvalue weighted by atomic mass is 16.1. The summed E-state index contributed by atoms with van der Waals surface area (Å²) in [5.74, 6) is 0. The highest BCUT2D eigenvalue weighted by Crippen LogP contribution is 2.17. The number of aryl methyl sites for hydroxylation is 2. The van der Waals surface area contributed by atoms with Crippen molar-refractivity contribution in [3.8, 4) is 11.3 Å². The van der Waals surface area contributed by atoms with Crippen LogP contribution in [-0.2, 0) is 20.0 Å². The molecule has 1 N–H and O–H groups in total. The summed E-state index contributed by atoms with van der Waals surface area (Å²) in [6, 6.07) is 10.2. The molecule has 0 amide bonds. The van der Waals surface area contributed by atoms with Crippen molar-refractivity contribution in [2.75, 3.05) is 7.05 Å². The van der Waals surface area contributed by atoms with Gasteiger partial charge in [0.1, 0.15) is 0 Å². The van der Waals surface area contributed by atoms with Crippen LogP contribution in [0.15, 0.2) is 35.1 Å². The van der Waals surface area contributed by atoms with Gasteiger partial charge in [-0.2, -0.15) is 5.10 Å². The fourth-order valence-electron chi connectivity index (χ4n) is 2.04. The van der Waals surface area contributed by atoms with Gasteiger partial charge in [0.25, 0.3) is 5.56 Å². The van der Waals surface area contributed by atoms with E-state index in [0.717, 1.165) is 23.2 Å². The molecule has 0 atom stereocenters. The molecule has 0 saturated carbocycles. The Bertz CT molecular complexity index is 614. The first-order valence-electron chi connectivity index (χ1n) is 6.47. The van der Waals surface area contributed by atoms with E-state index in [2.05, 4.69) is 41.6 Å². The predicted octanol–water partition coefficient (Wildman–Crippen LogP) is 1.73. The summed E-state index contributed by atoms with van der Waals surface area (Å²) in [6.45, 7) is 2.68. The zero-order valence-electron chi connectivity index (χ0n) is 11.6. The molecular weight excluding hydrogens is 238 g/mol. The molecule has 0 spiro atoms. The van der Waals surface area contributed by atoms with E-state index in [4.69, 9.17) is 0 Å². The van der Waals surface area contributed by atoms with E-state index in [1.54, 1.807) is 7.05 Å². The number of nitrogens with zero attached hydrogens (tertiary/aromatic N) is 2. The third-order valence-electron chi connectivity index (χ3n) is 3.16. The van der Waals surface area contributed by atoms with Crippen molar-refractivity contribution in [1.82, 2.24) is 15.1 Å². The van der Waals surface area contributed by atoms with E-state index < -0.39 is 0 Å². The highest BCUT2D eigenvalue weighted by Gasteiger charge is 2.07. The summed E-state index contributed by atoms with van der Waals surface area (Å²) in [4.78, 5) is 11.9. The molecular formula is C15H19N3O. The molecule has 0 fully saturated rings. The maximum atomic E-state index is 11.9. The van der Waals surface area contributed by atoms with Crippen LogP contribution in [-0.4, -0.2) is 16.8 Å². The molecule has 1 aromatic carbocycles. The molecule has 1 aromatic heterocycles.